The fourth-order valence-electron chi connectivity index (χ4n) is 4.47. The van der Waals surface area contributed by atoms with Gasteiger partial charge in [-0.15, -0.1) is 0 Å². The molecule has 2 amide bonds. The standard InChI is InChI=1S/C22H18N6O3/c29-21-18-19(22(30)28(21)16-10-9-13-7-4-8-15(13)11-16)27(26-24-18)12-17-23-20(25-31-17)14-5-2-1-3-6-14/h1-3,5-6,9-11,18-19H,4,7-8,12H2/t18-,19-/m0/s1. The lowest BCUT2D eigenvalue weighted by atomic mass is 10.1. The number of amides is 2. The summed E-state index contributed by atoms with van der Waals surface area (Å²) in [5, 5.41) is 13.6. The molecule has 2 atom stereocenters. The maximum Gasteiger partial charge on any atom is 0.263 e. The number of fused-ring (bicyclic) bond motifs is 2. The molecule has 0 N–H and O–H groups in total. The maximum absolute atomic E-state index is 13.2. The predicted molar refractivity (Wildman–Crippen MR) is 109 cm³/mol. The van der Waals surface area contributed by atoms with Crippen LogP contribution in [-0.2, 0) is 29.0 Å². The van der Waals surface area contributed by atoms with E-state index in [1.807, 2.05) is 48.5 Å². The number of imide groups is 1. The third kappa shape index (κ3) is 2.84. The van der Waals surface area contributed by atoms with Crippen LogP contribution in [0.2, 0.25) is 0 Å². The van der Waals surface area contributed by atoms with Crippen molar-refractivity contribution in [2.75, 3.05) is 4.90 Å². The first-order chi connectivity index (χ1) is 15.2. The average molecular weight is 414 g/mol. The number of rotatable bonds is 4. The first-order valence-corrected chi connectivity index (χ1v) is 10.2. The number of hydrogen-bond donors (Lipinski definition) is 0. The third-order valence-electron chi connectivity index (χ3n) is 6.00. The van der Waals surface area contributed by atoms with E-state index in [0.29, 0.717) is 17.4 Å². The van der Waals surface area contributed by atoms with Crippen molar-refractivity contribution in [1.29, 1.82) is 0 Å². The van der Waals surface area contributed by atoms with Crippen LogP contribution >= 0.6 is 0 Å². The normalized spacial score (nSPS) is 21.8. The summed E-state index contributed by atoms with van der Waals surface area (Å²) in [4.78, 5) is 31.8. The largest absolute Gasteiger partial charge is 0.337 e. The molecule has 0 spiro atoms. The molecule has 9 nitrogen and oxygen atoms in total. The Kier molecular flexibility index (Phi) is 3.95. The Morgan fingerprint density at radius 2 is 1.84 bits per heavy atom. The topological polar surface area (TPSA) is 104 Å². The van der Waals surface area contributed by atoms with Gasteiger partial charge in [-0.25, -0.2) is 4.90 Å². The van der Waals surface area contributed by atoms with E-state index >= 15 is 0 Å². The van der Waals surface area contributed by atoms with Crippen LogP contribution in [0.4, 0.5) is 5.69 Å². The molecule has 3 aliphatic rings. The molecule has 1 saturated heterocycles. The van der Waals surface area contributed by atoms with Gasteiger partial charge in [0, 0.05) is 5.56 Å². The van der Waals surface area contributed by atoms with E-state index in [1.165, 1.54) is 21.0 Å². The van der Waals surface area contributed by atoms with Crippen molar-refractivity contribution in [2.45, 2.75) is 37.9 Å². The lowest BCUT2D eigenvalue weighted by Crippen LogP contribution is -2.39. The van der Waals surface area contributed by atoms with Crippen molar-refractivity contribution in [1.82, 2.24) is 15.1 Å². The maximum atomic E-state index is 13.2. The summed E-state index contributed by atoms with van der Waals surface area (Å²) >= 11 is 0. The molecule has 1 aromatic heterocycles. The molecular formula is C22H18N6O3. The number of nitrogens with zero attached hydrogens (tertiary/aromatic N) is 6. The van der Waals surface area contributed by atoms with Crippen LogP contribution in [0.3, 0.4) is 0 Å². The summed E-state index contributed by atoms with van der Waals surface area (Å²) in [5.74, 6) is 0.0713. The highest BCUT2D eigenvalue weighted by molar-refractivity contribution is 6.25. The summed E-state index contributed by atoms with van der Waals surface area (Å²) < 4.78 is 5.34. The van der Waals surface area contributed by atoms with E-state index in [0.717, 1.165) is 24.8 Å². The second-order valence-corrected chi connectivity index (χ2v) is 7.89. The zero-order chi connectivity index (χ0) is 20.9. The molecule has 2 aromatic carbocycles. The molecule has 0 unspecified atom stereocenters. The van der Waals surface area contributed by atoms with E-state index < -0.39 is 12.1 Å². The van der Waals surface area contributed by atoms with Crippen LogP contribution in [0.5, 0.6) is 0 Å². The Hall–Kier alpha value is -3.88. The van der Waals surface area contributed by atoms with Crippen molar-refractivity contribution >= 4 is 17.5 Å². The smallest absolute Gasteiger partial charge is 0.263 e. The van der Waals surface area contributed by atoms with Gasteiger partial charge in [0.1, 0.15) is 6.54 Å². The fraction of sp³-hybridized carbons (Fsp3) is 0.273. The quantitative estimate of drug-likeness (QED) is 0.608. The molecule has 31 heavy (non-hydrogen) atoms. The minimum Gasteiger partial charge on any atom is -0.337 e. The number of hydrogen-bond acceptors (Lipinski definition) is 8. The lowest BCUT2D eigenvalue weighted by Gasteiger charge is -2.19. The monoisotopic (exact) mass is 414 g/mol. The van der Waals surface area contributed by atoms with Crippen LogP contribution in [0.15, 0.2) is 63.4 Å². The van der Waals surface area contributed by atoms with Gasteiger partial charge in [-0.3, -0.25) is 14.6 Å². The third-order valence-corrected chi connectivity index (χ3v) is 6.00. The number of carbonyl (C=O) groups is 2. The van der Waals surface area contributed by atoms with Crippen molar-refractivity contribution in [3.63, 3.8) is 0 Å². The SMILES string of the molecule is O=C1[C@H]2N=NN(Cc3nc(-c4ccccc4)no3)[C@@H]2C(=O)N1c1ccc2c(c1)CCC2. The Morgan fingerprint density at radius 1 is 1.00 bits per heavy atom. The van der Waals surface area contributed by atoms with E-state index in [9.17, 15) is 9.59 Å². The van der Waals surface area contributed by atoms with Gasteiger partial charge in [-0.2, -0.15) is 10.1 Å². The second kappa shape index (κ2) is 6.83. The molecular weight excluding hydrogens is 396 g/mol. The minimum absolute atomic E-state index is 0.0988. The summed E-state index contributed by atoms with van der Waals surface area (Å²) in [6.07, 6.45) is 3.11. The van der Waals surface area contributed by atoms with Crippen molar-refractivity contribution in [2.24, 2.45) is 10.3 Å². The first kappa shape index (κ1) is 17.9. The van der Waals surface area contributed by atoms with E-state index in [-0.39, 0.29) is 18.4 Å². The van der Waals surface area contributed by atoms with Crippen molar-refractivity contribution in [3.8, 4) is 11.4 Å². The fourth-order valence-corrected chi connectivity index (χ4v) is 4.47. The predicted octanol–water partition coefficient (Wildman–Crippen LogP) is 2.72. The molecule has 2 aliphatic heterocycles. The van der Waals surface area contributed by atoms with Gasteiger partial charge in [0.2, 0.25) is 11.7 Å². The van der Waals surface area contributed by atoms with E-state index in [2.05, 4.69) is 20.5 Å². The molecule has 0 saturated carbocycles. The Balaban J connectivity index is 1.24. The van der Waals surface area contributed by atoms with Gasteiger partial charge < -0.3 is 4.52 Å². The van der Waals surface area contributed by atoms with Gasteiger partial charge in [-0.05, 0) is 42.5 Å². The van der Waals surface area contributed by atoms with Crippen LogP contribution in [-0.4, -0.2) is 39.0 Å². The molecule has 3 heterocycles. The van der Waals surface area contributed by atoms with Crippen LogP contribution in [0, 0.1) is 0 Å². The molecule has 0 radical (unpaired) electrons. The molecule has 1 fully saturated rings. The zero-order valence-electron chi connectivity index (χ0n) is 16.5. The van der Waals surface area contributed by atoms with Crippen LogP contribution in [0.1, 0.15) is 23.4 Å². The molecule has 1 aliphatic carbocycles. The first-order valence-electron chi connectivity index (χ1n) is 10.2. The van der Waals surface area contributed by atoms with Gasteiger partial charge in [-0.1, -0.05) is 46.8 Å². The summed E-state index contributed by atoms with van der Waals surface area (Å²) in [6, 6.07) is 13.6. The van der Waals surface area contributed by atoms with E-state index in [1.54, 1.807) is 0 Å². The number of aryl methyl sites for hydroxylation is 2. The molecule has 6 rings (SSSR count). The average Bonchev–Trinajstić information content (AvgIpc) is 3.56. The number of anilines is 1. The molecule has 154 valence electrons. The Bertz CT molecular complexity index is 1220. The molecule has 3 aromatic rings. The van der Waals surface area contributed by atoms with Gasteiger partial charge in [0.05, 0.1) is 5.69 Å². The summed E-state index contributed by atoms with van der Waals surface area (Å²) in [5.41, 5.74) is 3.92. The summed E-state index contributed by atoms with van der Waals surface area (Å²) in [7, 11) is 0. The number of carbonyl (C=O) groups excluding carboxylic acids is 2. The van der Waals surface area contributed by atoms with Gasteiger partial charge >= 0.3 is 0 Å². The highest BCUT2D eigenvalue weighted by atomic mass is 16.5. The zero-order valence-corrected chi connectivity index (χ0v) is 16.5. The second-order valence-electron chi connectivity index (χ2n) is 7.89. The van der Waals surface area contributed by atoms with Crippen LogP contribution < -0.4 is 4.90 Å². The Morgan fingerprint density at radius 3 is 2.71 bits per heavy atom. The number of aromatic nitrogens is 2. The van der Waals surface area contributed by atoms with Gasteiger partial charge in [0.25, 0.3) is 11.8 Å². The van der Waals surface area contributed by atoms with E-state index in [4.69, 9.17) is 4.52 Å². The molecule has 9 heteroatoms. The highest BCUT2D eigenvalue weighted by Crippen LogP contribution is 2.35. The Labute approximate surface area is 177 Å². The number of benzene rings is 2. The van der Waals surface area contributed by atoms with Crippen molar-refractivity contribution < 1.29 is 14.1 Å². The molecule has 0 bridgehead atoms. The highest BCUT2D eigenvalue weighted by Gasteiger charge is 2.55. The van der Waals surface area contributed by atoms with Crippen LogP contribution in [0.25, 0.3) is 11.4 Å². The lowest BCUT2D eigenvalue weighted by molar-refractivity contribution is -0.123. The van der Waals surface area contributed by atoms with Gasteiger partial charge in [0.15, 0.2) is 12.1 Å². The minimum atomic E-state index is -0.850. The summed E-state index contributed by atoms with van der Waals surface area (Å²) in [6.45, 7) is 0.0988. The van der Waals surface area contributed by atoms with Crippen molar-refractivity contribution in [3.05, 3.63) is 65.5 Å².